The molecule has 0 bridgehead atoms. The maximum atomic E-state index is 12.5. The highest BCUT2D eigenvalue weighted by molar-refractivity contribution is 7.98. The molecule has 0 saturated heterocycles. The molecule has 0 unspecified atom stereocenters. The Morgan fingerprint density at radius 3 is 2.72 bits per heavy atom. The van der Waals surface area contributed by atoms with E-state index in [9.17, 15) is 9.59 Å². The van der Waals surface area contributed by atoms with Gasteiger partial charge in [-0.15, -0.1) is 10.2 Å². The van der Waals surface area contributed by atoms with Crippen molar-refractivity contribution in [1.29, 1.82) is 0 Å². The number of hydrogen-bond donors (Lipinski definition) is 1. The van der Waals surface area contributed by atoms with E-state index in [2.05, 4.69) is 15.5 Å². The smallest absolute Gasteiger partial charge is 0.244 e. The van der Waals surface area contributed by atoms with Crippen LogP contribution in [0.3, 0.4) is 0 Å². The number of aromatic nitrogens is 4. The van der Waals surface area contributed by atoms with Crippen LogP contribution in [-0.4, -0.2) is 32.3 Å². The van der Waals surface area contributed by atoms with Crippen LogP contribution in [0.4, 0.5) is 5.69 Å². The molecule has 29 heavy (non-hydrogen) atoms. The van der Waals surface area contributed by atoms with Crippen molar-refractivity contribution < 1.29 is 9.53 Å². The normalized spacial score (nSPS) is 10.8. The lowest BCUT2D eigenvalue weighted by atomic mass is 10.3. The lowest BCUT2D eigenvalue weighted by Gasteiger charge is -2.15. The average molecular weight is 454 g/mol. The van der Waals surface area contributed by atoms with Crippen molar-refractivity contribution >= 4 is 46.6 Å². The van der Waals surface area contributed by atoms with Crippen molar-refractivity contribution in [2.24, 2.45) is 7.05 Å². The second kappa shape index (κ2) is 9.34. The van der Waals surface area contributed by atoms with Gasteiger partial charge in [0.25, 0.3) is 0 Å². The van der Waals surface area contributed by atoms with Gasteiger partial charge in [-0.3, -0.25) is 9.59 Å². The molecule has 11 heteroatoms. The molecule has 2 heterocycles. The summed E-state index contributed by atoms with van der Waals surface area (Å²) in [6.45, 7) is -0.0222. The molecular weight excluding hydrogens is 437 g/mol. The van der Waals surface area contributed by atoms with Gasteiger partial charge in [0, 0.05) is 30.2 Å². The highest BCUT2D eigenvalue weighted by Gasteiger charge is 2.13. The van der Waals surface area contributed by atoms with E-state index >= 15 is 0 Å². The fourth-order valence-corrected chi connectivity index (χ4v) is 3.67. The molecule has 0 radical (unpaired) electrons. The molecule has 0 spiro atoms. The third-order valence-electron chi connectivity index (χ3n) is 3.94. The summed E-state index contributed by atoms with van der Waals surface area (Å²) >= 11 is 13.3. The minimum Gasteiger partial charge on any atom is -0.491 e. The van der Waals surface area contributed by atoms with Gasteiger partial charge >= 0.3 is 0 Å². The van der Waals surface area contributed by atoms with Crippen molar-refractivity contribution in [3.63, 3.8) is 0 Å². The van der Waals surface area contributed by atoms with E-state index in [1.54, 1.807) is 33.7 Å². The minimum atomic E-state index is -0.293. The zero-order valence-electron chi connectivity index (χ0n) is 15.6. The summed E-state index contributed by atoms with van der Waals surface area (Å²) in [5, 5.41) is 12.0. The summed E-state index contributed by atoms with van der Waals surface area (Å²) in [4.78, 5) is 24.7. The summed E-state index contributed by atoms with van der Waals surface area (Å²) in [5.41, 5.74) is 0.905. The predicted octanol–water partition coefficient (Wildman–Crippen LogP) is 3.22. The summed E-state index contributed by atoms with van der Waals surface area (Å²) in [7, 11) is 3.24. The fourth-order valence-electron chi connectivity index (χ4n) is 2.49. The molecule has 0 aliphatic rings. The Balaban J connectivity index is 1.80. The number of carbonyl (C=O) groups is 1. The van der Waals surface area contributed by atoms with E-state index < -0.39 is 0 Å². The van der Waals surface area contributed by atoms with Gasteiger partial charge in [-0.25, -0.2) is 0 Å². The van der Waals surface area contributed by atoms with Crippen molar-refractivity contribution in [3.8, 4) is 5.75 Å². The third kappa shape index (κ3) is 5.31. The van der Waals surface area contributed by atoms with Crippen molar-refractivity contribution in [2.75, 3.05) is 12.4 Å². The number of rotatable bonds is 7. The van der Waals surface area contributed by atoms with Gasteiger partial charge in [-0.1, -0.05) is 35.0 Å². The molecule has 2 aromatic heterocycles. The van der Waals surface area contributed by atoms with E-state index in [-0.39, 0.29) is 23.6 Å². The highest BCUT2D eigenvalue weighted by Crippen LogP contribution is 2.25. The van der Waals surface area contributed by atoms with Crippen LogP contribution in [0.2, 0.25) is 10.0 Å². The number of thioether (sulfide) groups is 1. The molecule has 152 valence electrons. The van der Waals surface area contributed by atoms with Crippen LogP contribution in [0.15, 0.2) is 46.7 Å². The van der Waals surface area contributed by atoms with Crippen LogP contribution in [0.25, 0.3) is 0 Å². The second-order valence-corrected chi connectivity index (χ2v) is 7.77. The maximum Gasteiger partial charge on any atom is 0.244 e. The number of hydrogen-bond acceptors (Lipinski definition) is 6. The fraction of sp³-hybridized carbons (Fsp3) is 0.222. The zero-order chi connectivity index (χ0) is 21.0. The van der Waals surface area contributed by atoms with E-state index in [0.717, 1.165) is 0 Å². The van der Waals surface area contributed by atoms with Crippen LogP contribution in [0.1, 0.15) is 5.69 Å². The van der Waals surface area contributed by atoms with Crippen LogP contribution in [-0.2, 0) is 24.1 Å². The highest BCUT2D eigenvalue weighted by atomic mass is 35.5. The number of nitrogens with one attached hydrogen (secondary N) is 1. The van der Waals surface area contributed by atoms with Gasteiger partial charge in [0.2, 0.25) is 11.3 Å². The number of anilines is 1. The molecule has 1 N–H and O–H groups in total. The number of amides is 1. The quantitative estimate of drug-likeness (QED) is 0.552. The Morgan fingerprint density at radius 1 is 1.28 bits per heavy atom. The topological polar surface area (TPSA) is 91.0 Å². The summed E-state index contributed by atoms with van der Waals surface area (Å²) < 4.78 is 8.54. The van der Waals surface area contributed by atoms with E-state index in [4.69, 9.17) is 27.9 Å². The van der Waals surface area contributed by atoms with Crippen molar-refractivity contribution in [2.45, 2.75) is 17.5 Å². The van der Waals surface area contributed by atoms with E-state index in [1.807, 2.05) is 7.05 Å². The maximum absolute atomic E-state index is 12.5. The first kappa shape index (κ1) is 21.2. The first-order valence-corrected chi connectivity index (χ1v) is 10.1. The molecule has 0 aliphatic carbocycles. The van der Waals surface area contributed by atoms with Gasteiger partial charge in [-0.2, -0.15) is 0 Å². The predicted molar refractivity (Wildman–Crippen MR) is 113 cm³/mol. The Bertz CT molecular complexity index is 1100. The largest absolute Gasteiger partial charge is 0.491 e. The number of carbonyl (C=O) groups excluding carboxylic acids is 1. The standard InChI is InChI=1S/C18H17Cl2N5O3S/c1-24-10-21-23-18(24)29-9-12-6-15(26)16(28-2)7-25(12)8-17(27)22-11-3-4-13(19)14(20)5-11/h3-7,10H,8-9H2,1-2H3,(H,22,27). The monoisotopic (exact) mass is 453 g/mol. The van der Waals surface area contributed by atoms with Gasteiger partial charge in [0.05, 0.1) is 23.4 Å². The molecule has 1 amide bonds. The van der Waals surface area contributed by atoms with Crippen molar-refractivity contribution in [3.05, 3.63) is 62.8 Å². The third-order valence-corrected chi connectivity index (χ3v) is 5.75. The number of ether oxygens (including phenoxy) is 1. The summed E-state index contributed by atoms with van der Waals surface area (Å²) in [6.07, 6.45) is 3.11. The van der Waals surface area contributed by atoms with Crippen LogP contribution >= 0.6 is 35.0 Å². The number of pyridine rings is 1. The number of aryl methyl sites for hydroxylation is 1. The van der Waals surface area contributed by atoms with Crippen molar-refractivity contribution in [1.82, 2.24) is 19.3 Å². The van der Waals surface area contributed by atoms with E-state index in [0.29, 0.717) is 32.3 Å². The number of halogens is 2. The average Bonchev–Trinajstić information content (AvgIpc) is 3.09. The number of nitrogens with zero attached hydrogens (tertiary/aromatic N) is 4. The van der Waals surface area contributed by atoms with Gasteiger partial charge in [0.15, 0.2) is 10.9 Å². The Hall–Kier alpha value is -2.49. The first-order valence-electron chi connectivity index (χ1n) is 8.36. The van der Waals surface area contributed by atoms with Crippen LogP contribution in [0.5, 0.6) is 5.75 Å². The molecule has 8 nitrogen and oxygen atoms in total. The molecule has 0 fully saturated rings. The Morgan fingerprint density at radius 2 is 2.07 bits per heavy atom. The Labute approximate surface area is 180 Å². The molecule has 0 atom stereocenters. The minimum absolute atomic E-state index is 0.0222. The molecule has 0 saturated carbocycles. The van der Waals surface area contributed by atoms with Gasteiger partial charge < -0.3 is 19.2 Å². The SMILES string of the molecule is COc1cn(CC(=O)Nc2ccc(Cl)c(Cl)c2)c(CSc2nncn2C)cc1=O. The lowest BCUT2D eigenvalue weighted by molar-refractivity contribution is -0.116. The lowest BCUT2D eigenvalue weighted by Crippen LogP contribution is -2.22. The zero-order valence-corrected chi connectivity index (χ0v) is 17.9. The second-order valence-electron chi connectivity index (χ2n) is 6.02. The molecule has 3 rings (SSSR count). The van der Waals surface area contributed by atoms with Crippen LogP contribution in [0, 0.1) is 0 Å². The summed E-state index contributed by atoms with van der Waals surface area (Å²) in [5.74, 6) is 0.282. The molecule has 1 aromatic carbocycles. The van der Waals surface area contributed by atoms with Gasteiger partial charge in [-0.05, 0) is 18.2 Å². The molecule has 0 aliphatic heterocycles. The number of methoxy groups -OCH3 is 1. The number of benzene rings is 1. The van der Waals surface area contributed by atoms with Gasteiger partial charge in [0.1, 0.15) is 12.9 Å². The van der Waals surface area contributed by atoms with E-state index in [1.165, 1.54) is 31.1 Å². The molecule has 3 aromatic rings. The Kier molecular flexibility index (Phi) is 6.83. The molecular formula is C18H17Cl2N5O3S. The first-order chi connectivity index (χ1) is 13.9. The summed E-state index contributed by atoms with van der Waals surface area (Å²) in [6, 6.07) is 6.28. The van der Waals surface area contributed by atoms with Crippen LogP contribution < -0.4 is 15.5 Å².